The molecule has 0 aromatic heterocycles. The van der Waals surface area contributed by atoms with E-state index in [9.17, 15) is 14.7 Å². The summed E-state index contributed by atoms with van der Waals surface area (Å²) in [6.07, 6.45) is 2.72. The molecule has 1 atom stereocenters. The first-order chi connectivity index (χ1) is 15.9. The lowest BCUT2D eigenvalue weighted by Gasteiger charge is -2.25. The van der Waals surface area contributed by atoms with E-state index in [2.05, 4.69) is 20.8 Å². The van der Waals surface area contributed by atoms with Crippen LogP contribution in [-0.4, -0.2) is 42.0 Å². The Balaban J connectivity index is 2.08. The number of likely N-dealkylation sites (tertiary alicyclic amines) is 1. The topological polar surface area (TPSA) is 76.1 Å². The molecule has 1 fully saturated rings. The standard InChI is InChI=1S/C27H33NO5/c1-5-6-7-14-28-24(19-10-8-12-21(15-19)32-4)23(26(30)27(28)31)25(29)20-11-9-13-22(16-20)33-17-18(2)3/h8-13,15-16,18,24,29H,5-7,14,17H2,1-4H3/b25-23-. The zero-order valence-corrected chi connectivity index (χ0v) is 19.8. The van der Waals surface area contributed by atoms with Crippen LogP contribution in [0.5, 0.6) is 11.5 Å². The van der Waals surface area contributed by atoms with Gasteiger partial charge in [0.05, 0.1) is 25.3 Å². The van der Waals surface area contributed by atoms with E-state index in [1.165, 1.54) is 0 Å². The minimum Gasteiger partial charge on any atom is -0.507 e. The molecule has 3 rings (SSSR count). The number of aliphatic hydroxyl groups excluding tert-OH is 1. The summed E-state index contributed by atoms with van der Waals surface area (Å²) in [6, 6.07) is 13.6. The minimum absolute atomic E-state index is 0.0887. The number of Topliss-reactive ketones (excluding diaryl/α,β-unsaturated/α-hetero) is 1. The van der Waals surface area contributed by atoms with Crippen LogP contribution in [0.4, 0.5) is 0 Å². The van der Waals surface area contributed by atoms with Gasteiger partial charge in [-0.25, -0.2) is 0 Å². The van der Waals surface area contributed by atoms with Crippen LogP contribution in [-0.2, 0) is 9.59 Å². The normalized spacial score (nSPS) is 17.6. The predicted octanol–water partition coefficient (Wildman–Crippen LogP) is 5.34. The molecule has 0 radical (unpaired) electrons. The molecule has 1 N–H and O–H groups in total. The highest BCUT2D eigenvalue weighted by Crippen LogP contribution is 2.40. The van der Waals surface area contributed by atoms with Crippen molar-refractivity contribution in [3.8, 4) is 11.5 Å². The van der Waals surface area contributed by atoms with Crippen molar-refractivity contribution in [2.45, 2.75) is 46.1 Å². The number of methoxy groups -OCH3 is 1. The smallest absolute Gasteiger partial charge is 0.295 e. The van der Waals surface area contributed by atoms with Crippen molar-refractivity contribution in [2.24, 2.45) is 5.92 Å². The number of hydrogen-bond acceptors (Lipinski definition) is 5. The van der Waals surface area contributed by atoms with Gasteiger partial charge in [0.25, 0.3) is 11.7 Å². The highest BCUT2D eigenvalue weighted by Gasteiger charge is 2.45. The molecule has 2 aromatic rings. The van der Waals surface area contributed by atoms with E-state index in [1.807, 2.05) is 24.3 Å². The van der Waals surface area contributed by atoms with Crippen LogP contribution in [0.3, 0.4) is 0 Å². The highest BCUT2D eigenvalue weighted by atomic mass is 16.5. The third-order valence-corrected chi connectivity index (χ3v) is 5.64. The molecule has 2 aromatic carbocycles. The fraction of sp³-hybridized carbons (Fsp3) is 0.407. The largest absolute Gasteiger partial charge is 0.507 e. The van der Waals surface area contributed by atoms with E-state index in [-0.39, 0.29) is 11.3 Å². The lowest BCUT2D eigenvalue weighted by Crippen LogP contribution is -2.30. The Morgan fingerprint density at radius 3 is 2.48 bits per heavy atom. The molecule has 1 heterocycles. The van der Waals surface area contributed by atoms with Gasteiger partial charge in [-0.05, 0) is 42.2 Å². The SMILES string of the molecule is CCCCCN1C(=O)C(=O)/C(=C(\O)c2cccc(OCC(C)C)c2)C1c1cccc(OC)c1. The number of hydrogen-bond donors (Lipinski definition) is 1. The molecule has 0 aliphatic carbocycles. The summed E-state index contributed by atoms with van der Waals surface area (Å²) < 4.78 is 11.1. The highest BCUT2D eigenvalue weighted by molar-refractivity contribution is 6.46. The van der Waals surface area contributed by atoms with Crippen LogP contribution < -0.4 is 9.47 Å². The summed E-state index contributed by atoms with van der Waals surface area (Å²) in [5.41, 5.74) is 1.25. The molecule has 1 aliphatic heterocycles. The second-order valence-corrected chi connectivity index (χ2v) is 8.71. The van der Waals surface area contributed by atoms with E-state index < -0.39 is 17.7 Å². The van der Waals surface area contributed by atoms with Gasteiger partial charge in [-0.1, -0.05) is 57.9 Å². The third-order valence-electron chi connectivity index (χ3n) is 5.64. The Labute approximate surface area is 195 Å². The van der Waals surface area contributed by atoms with Crippen LogP contribution in [0.1, 0.15) is 57.2 Å². The van der Waals surface area contributed by atoms with Crippen LogP contribution in [0.25, 0.3) is 5.76 Å². The maximum Gasteiger partial charge on any atom is 0.295 e. The maximum absolute atomic E-state index is 13.1. The Morgan fingerprint density at radius 1 is 1.06 bits per heavy atom. The van der Waals surface area contributed by atoms with Gasteiger partial charge in [-0.15, -0.1) is 0 Å². The Bertz CT molecular complexity index is 1030. The summed E-state index contributed by atoms with van der Waals surface area (Å²) in [5, 5.41) is 11.3. The van der Waals surface area contributed by atoms with Gasteiger partial charge < -0.3 is 19.5 Å². The molecule has 6 heteroatoms. The van der Waals surface area contributed by atoms with Crippen molar-refractivity contribution in [3.63, 3.8) is 0 Å². The molecule has 1 amide bonds. The van der Waals surface area contributed by atoms with Crippen molar-refractivity contribution in [3.05, 3.63) is 65.2 Å². The van der Waals surface area contributed by atoms with Crippen LogP contribution in [0, 0.1) is 5.92 Å². The summed E-state index contributed by atoms with van der Waals surface area (Å²) in [7, 11) is 1.57. The molecule has 176 valence electrons. The van der Waals surface area contributed by atoms with Gasteiger partial charge in [-0.2, -0.15) is 0 Å². The molecular weight excluding hydrogens is 418 g/mol. The van der Waals surface area contributed by atoms with Crippen molar-refractivity contribution in [1.82, 2.24) is 4.90 Å². The van der Waals surface area contributed by atoms with Gasteiger partial charge in [-0.3, -0.25) is 9.59 Å². The molecule has 0 saturated carbocycles. The fourth-order valence-corrected chi connectivity index (χ4v) is 3.95. The Hall–Kier alpha value is -3.28. The summed E-state index contributed by atoms with van der Waals surface area (Å²) in [5.74, 6) is 0.106. The number of ether oxygens (including phenoxy) is 2. The van der Waals surface area contributed by atoms with Gasteiger partial charge in [0.1, 0.15) is 17.3 Å². The first kappa shape index (κ1) is 24.4. The van der Waals surface area contributed by atoms with E-state index in [1.54, 1.807) is 36.3 Å². The van der Waals surface area contributed by atoms with Crippen molar-refractivity contribution < 1.29 is 24.2 Å². The molecule has 0 bridgehead atoms. The second-order valence-electron chi connectivity index (χ2n) is 8.71. The molecule has 1 aliphatic rings. The number of benzene rings is 2. The molecular formula is C27H33NO5. The number of nitrogens with zero attached hydrogens (tertiary/aromatic N) is 1. The molecule has 0 spiro atoms. The Morgan fingerprint density at radius 2 is 1.79 bits per heavy atom. The van der Waals surface area contributed by atoms with Gasteiger partial charge in [0, 0.05) is 12.1 Å². The minimum atomic E-state index is -0.683. The average molecular weight is 452 g/mol. The number of rotatable bonds is 10. The zero-order valence-electron chi connectivity index (χ0n) is 19.8. The van der Waals surface area contributed by atoms with Gasteiger partial charge in [0.2, 0.25) is 0 Å². The van der Waals surface area contributed by atoms with Crippen molar-refractivity contribution >= 4 is 17.4 Å². The molecule has 33 heavy (non-hydrogen) atoms. The molecule has 1 saturated heterocycles. The summed E-state index contributed by atoms with van der Waals surface area (Å²) in [6.45, 7) is 7.17. The summed E-state index contributed by atoms with van der Waals surface area (Å²) in [4.78, 5) is 27.7. The summed E-state index contributed by atoms with van der Waals surface area (Å²) >= 11 is 0. The quantitative estimate of drug-likeness (QED) is 0.228. The number of carbonyl (C=O) groups is 2. The number of ketones is 1. The number of aliphatic hydroxyl groups is 1. The van der Waals surface area contributed by atoms with Crippen molar-refractivity contribution in [2.75, 3.05) is 20.3 Å². The Kier molecular flexibility index (Phi) is 8.15. The number of amides is 1. The third kappa shape index (κ3) is 5.56. The van der Waals surface area contributed by atoms with Crippen LogP contribution in [0.15, 0.2) is 54.1 Å². The van der Waals surface area contributed by atoms with Gasteiger partial charge >= 0.3 is 0 Å². The van der Waals surface area contributed by atoms with E-state index in [0.717, 1.165) is 24.8 Å². The zero-order chi connectivity index (χ0) is 24.0. The first-order valence-corrected chi connectivity index (χ1v) is 11.5. The molecule has 6 nitrogen and oxygen atoms in total. The maximum atomic E-state index is 13.1. The van der Waals surface area contributed by atoms with E-state index >= 15 is 0 Å². The fourth-order valence-electron chi connectivity index (χ4n) is 3.95. The number of carbonyl (C=O) groups excluding carboxylic acids is 2. The van der Waals surface area contributed by atoms with Crippen LogP contribution in [0.2, 0.25) is 0 Å². The monoisotopic (exact) mass is 451 g/mol. The first-order valence-electron chi connectivity index (χ1n) is 11.5. The lowest BCUT2D eigenvalue weighted by molar-refractivity contribution is -0.139. The lowest BCUT2D eigenvalue weighted by atomic mass is 9.95. The number of unbranched alkanes of at least 4 members (excludes halogenated alkanes) is 2. The van der Waals surface area contributed by atoms with Crippen LogP contribution >= 0.6 is 0 Å². The van der Waals surface area contributed by atoms with Crippen molar-refractivity contribution in [1.29, 1.82) is 0 Å². The van der Waals surface area contributed by atoms with Gasteiger partial charge in [0.15, 0.2) is 0 Å². The average Bonchev–Trinajstić information content (AvgIpc) is 3.07. The van der Waals surface area contributed by atoms with E-state index in [0.29, 0.717) is 36.1 Å². The molecule has 1 unspecified atom stereocenters. The predicted molar refractivity (Wildman–Crippen MR) is 128 cm³/mol. The second kappa shape index (κ2) is 11.0. The van der Waals surface area contributed by atoms with E-state index in [4.69, 9.17) is 9.47 Å².